The van der Waals surface area contributed by atoms with Crippen molar-refractivity contribution >= 4 is 23.2 Å². The average molecular weight is 497 g/mol. The fraction of sp³-hybridized carbons (Fsp3) is 0.308. The Morgan fingerprint density at radius 2 is 1.91 bits per heavy atom. The van der Waals surface area contributed by atoms with E-state index in [1.165, 1.54) is 16.2 Å². The first kappa shape index (κ1) is 24.6. The summed E-state index contributed by atoms with van der Waals surface area (Å²) in [5.41, 5.74) is 0.901. The summed E-state index contributed by atoms with van der Waals surface area (Å²) in [7, 11) is 1.60. The van der Waals surface area contributed by atoms with Gasteiger partial charge in [-0.05, 0) is 47.7 Å². The van der Waals surface area contributed by atoms with Crippen LogP contribution in [-0.2, 0) is 16.1 Å². The van der Waals surface area contributed by atoms with Crippen molar-refractivity contribution in [3.05, 3.63) is 76.5 Å². The zero-order valence-electron chi connectivity index (χ0n) is 19.4. The zero-order valence-corrected chi connectivity index (χ0v) is 20.2. The minimum atomic E-state index is -0.902. The quantitative estimate of drug-likeness (QED) is 0.448. The van der Waals surface area contributed by atoms with Crippen LogP contribution in [0.4, 0.5) is 0 Å². The number of carbonyl (C=O) groups excluding carboxylic acids is 2. The Hall–Kier alpha value is -3.56. The molecule has 2 atom stereocenters. The van der Waals surface area contributed by atoms with Crippen molar-refractivity contribution in [2.45, 2.75) is 25.1 Å². The molecule has 9 heteroatoms. The van der Waals surface area contributed by atoms with Crippen LogP contribution in [0.5, 0.6) is 17.2 Å². The van der Waals surface area contributed by atoms with Crippen LogP contribution in [0, 0.1) is 0 Å². The van der Waals surface area contributed by atoms with Crippen LogP contribution in [-0.4, -0.2) is 54.8 Å². The average Bonchev–Trinajstić information content (AvgIpc) is 3.43. The van der Waals surface area contributed by atoms with Gasteiger partial charge >= 0.3 is 0 Å². The molecule has 4 rings (SSSR count). The van der Waals surface area contributed by atoms with Gasteiger partial charge in [-0.3, -0.25) is 9.59 Å². The van der Waals surface area contributed by atoms with Gasteiger partial charge in [0.25, 0.3) is 5.91 Å². The van der Waals surface area contributed by atoms with Crippen LogP contribution in [0.15, 0.2) is 66.0 Å². The number of methoxy groups -OCH3 is 1. The molecule has 8 nitrogen and oxygen atoms in total. The van der Waals surface area contributed by atoms with Gasteiger partial charge in [0.1, 0.15) is 18.4 Å². The third-order valence-electron chi connectivity index (χ3n) is 5.62. The summed E-state index contributed by atoms with van der Waals surface area (Å²) in [5.74, 6) is 1.10. The van der Waals surface area contributed by atoms with Gasteiger partial charge in [0.15, 0.2) is 11.5 Å². The summed E-state index contributed by atoms with van der Waals surface area (Å²) in [6.07, 6.45) is -0.579. The Bertz CT molecular complexity index is 1120. The first-order valence-corrected chi connectivity index (χ1v) is 12.2. The summed E-state index contributed by atoms with van der Waals surface area (Å²) >= 11 is 1.39. The normalized spacial score (nSPS) is 15.2. The van der Waals surface area contributed by atoms with Gasteiger partial charge in [0.05, 0.1) is 7.11 Å². The highest BCUT2D eigenvalue weighted by atomic mass is 32.1. The lowest BCUT2D eigenvalue weighted by Crippen LogP contribution is -2.51. The van der Waals surface area contributed by atoms with Gasteiger partial charge in [0, 0.05) is 24.6 Å². The van der Waals surface area contributed by atoms with Crippen LogP contribution >= 0.6 is 11.3 Å². The van der Waals surface area contributed by atoms with Gasteiger partial charge in [-0.2, -0.15) is 0 Å². The lowest BCUT2D eigenvalue weighted by molar-refractivity contribution is -0.148. The van der Waals surface area contributed by atoms with Gasteiger partial charge in [-0.15, -0.1) is 11.3 Å². The molecule has 2 heterocycles. The van der Waals surface area contributed by atoms with Gasteiger partial charge in [-0.1, -0.05) is 30.3 Å². The number of aliphatic hydroxyl groups is 1. The molecule has 1 aliphatic heterocycles. The molecule has 2 N–H and O–H groups in total. The second kappa shape index (κ2) is 11.7. The van der Waals surface area contributed by atoms with Crippen molar-refractivity contribution in [3.63, 3.8) is 0 Å². The van der Waals surface area contributed by atoms with Crippen LogP contribution in [0.1, 0.15) is 22.9 Å². The number of aliphatic hydroxyl groups excluding tert-OH is 1. The fourth-order valence-corrected chi connectivity index (χ4v) is 4.67. The summed E-state index contributed by atoms with van der Waals surface area (Å²) < 4.78 is 16.9. The number of thiophene rings is 1. The van der Waals surface area contributed by atoms with E-state index in [1.807, 2.05) is 47.8 Å². The number of para-hydroxylation sites is 2. The Balaban J connectivity index is 1.55. The first-order valence-electron chi connectivity index (χ1n) is 11.3. The Kier molecular flexibility index (Phi) is 8.23. The van der Waals surface area contributed by atoms with E-state index >= 15 is 0 Å². The largest absolute Gasteiger partial charge is 0.497 e. The molecule has 35 heavy (non-hydrogen) atoms. The van der Waals surface area contributed by atoms with E-state index < -0.39 is 12.1 Å². The Morgan fingerprint density at radius 1 is 1.14 bits per heavy atom. The molecule has 1 aromatic heterocycles. The second-order valence-electron chi connectivity index (χ2n) is 7.96. The summed E-state index contributed by atoms with van der Waals surface area (Å²) in [6, 6.07) is 17.4. The summed E-state index contributed by atoms with van der Waals surface area (Å²) in [4.78, 5) is 29.3. The highest BCUT2D eigenvalue weighted by Crippen LogP contribution is 2.33. The predicted molar refractivity (Wildman–Crippen MR) is 132 cm³/mol. The molecule has 184 valence electrons. The van der Waals surface area contributed by atoms with E-state index in [1.54, 1.807) is 25.3 Å². The molecule has 2 amide bonds. The van der Waals surface area contributed by atoms with Crippen molar-refractivity contribution in [2.24, 2.45) is 0 Å². The lowest BCUT2D eigenvalue weighted by atomic mass is 10.1. The van der Waals surface area contributed by atoms with Crippen LogP contribution < -0.4 is 19.5 Å². The van der Waals surface area contributed by atoms with Crippen LogP contribution in [0.2, 0.25) is 0 Å². The molecule has 2 aromatic carbocycles. The SMILES string of the molecule is COc1ccc(CNC(=O)[C@H](c2cccs2)N(CCCO)C(=O)[C@H]2COc3ccccc3O2)cc1. The molecule has 0 saturated heterocycles. The number of nitrogens with one attached hydrogen (secondary N) is 1. The lowest BCUT2D eigenvalue weighted by Gasteiger charge is -2.34. The summed E-state index contributed by atoms with van der Waals surface area (Å²) in [6.45, 7) is 0.411. The van der Waals surface area contributed by atoms with E-state index in [0.29, 0.717) is 24.5 Å². The fourth-order valence-electron chi connectivity index (χ4n) is 3.83. The Labute approximate surface area is 208 Å². The standard InChI is InChI=1S/C26H28N2O6S/c1-32-19-11-9-18(10-12-19)16-27-25(30)24(23-8-4-15-35-23)28(13-5-14-29)26(31)22-17-33-20-6-2-3-7-21(20)34-22/h2-4,6-12,15,22,24,29H,5,13-14,16-17H2,1H3,(H,27,30)/t22-,24+/m1/s1. The minimum absolute atomic E-state index is 0.0378. The smallest absolute Gasteiger partial charge is 0.268 e. The molecule has 0 radical (unpaired) electrons. The third-order valence-corrected chi connectivity index (χ3v) is 6.55. The van der Waals surface area contributed by atoms with Crippen LogP contribution in [0.3, 0.4) is 0 Å². The second-order valence-corrected chi connectivity index (χ2v) is 8.94. The number of hydrogen-bond donors (Lipinski definition) is 2. The van der Waals surface area contributed by atoms with Crippen molar-refractivity contribution in [1.82, 2.24) is 10.2 Å². The molecule has 0 saturated carbocycles. The maximum atomic E-state index is 13.6. The number of amides is 2. The van der Waals surface area contributed by atoms with Gasteiger partial charge in [0.2, 0.25) is 12.0 Å². The molecule has 0 bridgehead atoms. The number of nitrogens with zero attached hydrogens (tertiary/aromatic N) is 1. The topological polar surface area (TPSA) is 97.3 Å². The monoisotopic (exact) mass is 496 g/mol. The number of rotatable bonds is 10. The van der Waals surface area contributed by atoms with Crippen molar-refractivity contribution in [2.75, 3.05) is 26.9 Å². The molecule has 0 spiro atoms. The minimum Gasteiger partial charge on any atom is -0.497 e. The van der Waals surface area contributed by atoms with Crippen molar-refractivity contribution in [3.8, 4) is 17.2 Å². The number of hydrogen-bond acceptors (Lipinski definition) is 7. The van der Waals surface area contributed by atoms with Gasteiger partial charge in [-0.25, -0.2) is 0 Å². The Morgan fingerprint density at radius 3 is 2.60 bits per heavy atom. The van der Waals surface area contributed by atoms with E-state index in [9.17, 15) is 14.7 Å². The highest BCUT2D eigenvalue weighted by molar-refractivity contribution is 7.10. The molecule has 0 aliphatic carbocycles. The molecule has 0 unspecified atom stereocenters. The van der Waals surface area contributed by atoms with E-state index in [-0.39, 0.29) is 31.6 Å². The maximum absolute atomic E-state index is 13.6. The predicted octanol–water partition coefficient (Wildman–Crippen LogP) is 3.17. The number of fused-ring (bicyclic) bond motifs is 1. The highest BCUT2D eigenvalue weighted by Gasteiger charge is 2.38. The molecular formula is C26H28N2O6S. The number of ether oxygens (including phenoxy) is 3. The van der Waals surface area contributed by atoms with Gasteiger partial charge < -0.3 is 29.5 Å². The van der Waals surface area contributed by atoms with Crippen molar-refractivity contribution < 1.29 is 28.9 Å². The maximum Gasteiger partial charge on any atom is 0.268 e. The molecule has 0 fully saturated rings. The molecule has 3 aromatic rings. The summed E-state index contributed by atoms with van der Waals surface area (Å²) in [5, 5.41) is 14.3. The number of benzene rings is 2. The molecular weight excluding hydrogens is 468 g/mol. The van der Waals surface area contributed by atoms with E-state index in [0.717, 1.165) is 16.2 Å². The number of carbonyl (C=O) groups is 2. The van der Waals surface area contributed by atoms with E-state index in [4.69, 9.17) is 14.2 Å². The van der Waals surface area contributed by atoms with E-state index in [2.05, 4.69) is 5.32 Å². The van der Waals surface area contributed by atoms with Crippen LogP contribution in [0.25, 0.3) is 0 Å². The third kappa shape index (κ3) is 5.93. The first-order chi connectivity index (χ1) is 17.1. The zero-order chi connectivity index (χ0) is 24.6. The van der Waals surface area contributed by atoms with Crippen molar-refractivity contribution in [1.29, 1.82) is 0 Å². The molecule has 1 aliphatic rings.